The maximum Gasteiger partial charge on any atom is 0.236 e. The van der Waals surface area contributed by atoms with E-state index in [1.807, 2.05) is 20.8 Å². The molecule has 0 aliphatic heterocycles. The number of nitrogens with zero attached hydrogens (tertiary/aromatic N) is 1. The number of rotatable bonds is 4. The lowest BCUT2D eigenvalue weighted by Gasteiger charge is -2.23. The maximum atomic E-state index is 11.7. The molecule has 0 saturated heterocycles. The van der Waals surface area contributed by atoms with Gasteiger partial charge in [0.25, 0.3) is 0 Å². The Morgan fingerprint density at radius 1 is 1.62 bits per heavy atom. The number of hydrogen-bond donors (Lipinski definition) is 1. The molecule has 0 spiro atoms. The van der Waals surface area contributed by atoms with Crippen molar-refractivity contribution >= 4 is 18.5 Å². The third kappa shape index (κ3) is 3.73. The summed E-state index contributed by atoms with van der Waals surface area (Å²) in [5.41, 5.74) is 0. The molecule has 0 aliphatic carbocycles. The summed E-state index contributed by atoms with van der Waals surface area (Å²) in [7, 11) is 0. The van der Waals surface area contributed by atoms with Crippen molar-refractivity contribution in [1.82, 2.24) is 4.90 Å². The molecule has 74 valence electrons. The van der Waals surface area contributed by atoms with Gasteiger partial charge in [-0.15, -0.1) is 6.42 Å². The zero-order chi connectivity index (χ0) is 10.4. The van der Waals surface area contributed by atoms with Crippen LogP contribution in [-0.4, -0.2) is 29.1 Å². The van der Waals surface area contributed by atoms with Gasteiger partial charge < -0.3 is 4.90 Å². The van der Waals surface area contributed by atoms with E-state index in [0.717, 1.165) is 0 Å². The fraction of sp³-hybridized carbons (Fsp3) is 0.700. The van der Waals surface area contributed by atoms with Gasteiger partial charge in [0.15, 0.2) is 0 Å². The SMILES string of the molecule is C#CCN(CC)C(=O)C(S)C(C)C. The van der Waals surface area contributed by atoms with Gasteiger partial charge >= 0.3 is 0 Å². The second kappa shape index (κ2) is 5.93. The Bertz CT molecular complexity index is 207. The van der Waals surface area contributed by atoms with E-state index in [9.17, 15) is 4.79 Å². The molecule has 0 saturated carbocycles. The van der Waals surface area contributed by atoms with Crippen LogP contribution in [0.25, 0.3) is 0 Å². The first-order valence-electron chi connectivity index (χ1n) is 4.44. The van der Waals surface area contributed by atoms with Crippen molar-refractivity contribution in [2.24, 2.45) is 5.92 Å². The van der Waals surface area contributed by atoms with E-state index in [1.165, 1.54) is 0 Å². The highest BCUT2D eigenvalue weighted by atomic mass is 32.1. The smallest absolute Gasteiger partial charge is 0.236 e. The predicted octanol–water partition coefficient (Wildman–Crippen LogP) is 1.42. The van der Waals surface area contributed by atoms with Crippen molar-refractivity contribution in [1.29, 1.82) is 0 Å². The first kappa shape index (κ1) is 12.4. The first-order chi connectivity index (χ1) is 6.04. The van der Waals surface area contributed by atoms with Gasteiger partial charge in [-0.1, -0.05) is 19.8 Å². The van der Waals surface area contributed by atoms with Gasteiger partial charge in [0, 0.05) is 6.54 Å². The standard InChI is InChI=1S/C10H17NOS/c1-5-7-11(6-2)10(12)9(13)8(3)4/h1,8-9,13H,6-7H2,2-4H3. The highest BCUT2D eigenvalue weighted by Crippen LogP contribution is 2.11. The Balaban J connectivity index is 4.29. The first-order valence-corrected chi connectivity index (χ1v) is 4.96. The molecule has 0 bridgehead atoms. The van der Waals surface area contributed by atoms with Crippen LogP contribution in [0.5, 0.6) is 0 Å². The molecule has 0 rings (SSSR count). The third-order valence-corrected chi connectivity index (χ3v) is 2.68. The molecular weight excluding hydrogens is 182 g/mol. The van der Waals surface area contributed by atoms with Crippen molar-refractivity contribution < 1.29 is 4.79 Å². The maximum absolute atomic E-state index is 11.7. The van der Waals surface area contributed by atoms with Crippen LogP contribution in [0, 0.1) is 18.3 Å². The number of terminal acetylenes is 1. The molecule has 0 aromatic rings. The molecule has 0 heterocycles. The fourth-order valence-electron chi connectivity index (χ4n) is 0.928. The number of carbonyl (C=O) groups is 1. The molecule has 0 aliphatic rings. The summed E-state index contributed by atoms with van der Waals surface area (Å²) < 4.78 is 0. The summed E-state index contributed by atoms with van der Waals surface area (Å²) in [5.74, 6) is 2.73. The molecule has 2 nitrogen and oxygen atoms in total. The quantitative estimate of drug-likeness (QED) is 0.536. The lowest BCUT2D eigenvalue weighted by Crippen LogP contribution is -2.39. The molecule has 0 N–H and O–H groups in total. The summed E-state index contributed by atoms with van der Waals surface area (Å²) in [6.45, 7) is 6.88. The molecule has 1 unspecified atom stereocenters. The Hall–Kier alpha value is -0.620. The fourth-order valence-corrected chi connectivity index (χ4v) is 1.09. The van der Waals surface area contributed by atoms with Crippen molar-refractivity contribution in [3.63, 3.8) is 0 Å². The van der Waals surface area contributed by atoms with Gasteiger partial charge in [0.2, 0.25) is 5.91 Å². The minimum absolute atomic E-state index is 0.0267. The van der Waals surface area contributed by atoms with Crippen LogP contribution in [-0.2, 0) is 4.79 Å². The van der Waals surface area contributed by atoms with Crippen LogP contribution in [0.1, 0.15) is 20.8 Å². The largest absolute Gasteiger partial charge is 0.331 e. The summed E-state index contributed by atoms with van der Waals surface area (Å²) in [6, 6.07) is 0. The lowest BCUT2D eigenvalue weighted by molar-refractivity contribution is -0.130. The molecule has 13 heavy (non-hydrogen) atoms. The zero-order valence-corrected chi connectivity index (χ0v) is 9.34. The van der Waals surface area contributed by atoms with Crippen molar-refractivity contribution in [2.75, 3.05) is 13.1 Å². The highest BCUT2D eigenvalue weighted by Gasteiger charge is 2.21. The molecular formula is C10H17NOS. The summed E-state index contributed by atoms with van der Waals surface area (Å²) in [6.07, 6.45) is 5.15. The Morgan fingerprint density at radius 3 is 2.46 bits per heavy atom. The van der Waals surface area contributed by atoms with Crippen LogP contribution < -0.4 is 0 Å². The van der Waals surface area contributed by atoms with E-state index >= 15 is 0 Å². The van der Waals surface area contributed by atoms with Crippen LogP contribution >= 0.6 is 12.6 Å². The second-order valence-electron chi connectivity index (χ2n) is 3.25. The van der Waals surface area contributed by atoms with Gasteiger partial charge in [0.05, 0.1) is 11.8 Å². The van der Waals surface area contributed by atoms with Gasteiger partial charge in [-0.2, -0.15) is 12.6 Å². The molecule has 0 fully saturated rings. The average molecular weight is 199 g/mol. The van der Waals surface area contributed by atoms with Gasteiger partial charge in [-0.05, 0) is 12.8 Å². The topological polar surface area (TPSA) is 20.3 Å². The van der Waals surface area contributed by atoms with Crippen molar-refractivity contribution in [3.8, 4) is 12.3 Å². The Morgan fingerprint density at radius 2 is 2.15 bits per heavy atom. The van der Waals surface area contributed by atoms with Crippen LogP contribution in [0.3, 0.4) is 0 Å². The van der Waals surface area contributed by atoms with Crippen LogP contribution in [0.2, 0.25) is 0 Å². The molecule has 3 heteroatoms. The van der Waals surface area contributed by atoms with E-state index in [1.54, 1.807) is 4.90 Å². The summed E-state index contributed by atoms with van der Waals surface area (Å²) >= 11 is 4.25. The summed E-state index contributed by atoms with van der Waals surface area (Å²) in [4.78, 5) is 13.3. The average Bonchev–Trinajstić information content (AvgIpc) is 2.11. The van der Waals surface area contributed by atoms with Crippen LogP contribution in [0.4, 0.5) is 0 Å². The van der Waals surface area contributed by atoms with E-state index in [2.05, 4.69) is 18.5 Å². The number of hydrogen-bond acceptors (Lipinski definition) is 2. The Labute approximate surface area is 86.1 Å². The van der Waals surface area contributed by atoms with Gasteiger partial charge in [-0.3, -0.25) is 4.79 Å². The minimum atomic E-state index is -0.242. The molecule has 1 atom stereocenters. The monoisotopic (exact) mass is 199 g/mol. The zero-order valence-electron chi connectivity index (χ0n) is 8.45. The lowest BCUT2D eigenvalue weighted by atomic mass is 10.1. The van der Waals surface area contributed by atoms with Gasteiger partial charge in [0.1, 0.15) is 0 Å². The van der Waals surface area contributed by atoms with E-state index in [0.29, 0.717) is 13.1 Å². The van der Waals surface area contributed by atoms with Gasteiger partial charge in [-0.25, -0.2) is 0 Å². The van der Waals surface area contributed by atoms with E-state index in [4.69, 9.17) is 6.42 Å². The van der Waals surface area contributed by atoms with E-state index < -0.39 is 0 Å². The number of carbonyl (C=O) groups excluding carboxylic acids is 1. The normalized spacial score (nSPS) is 12.3. The Kier molecular flexibility index (Phi) is 5.65. The number of thiol groups is 1. The third-order valence-electron chi connectivity index (χ3n) is 1.86. The predicted molar refractivity (Wildman–Crippen MR) is 58.7 cm³/mol. The molecule has 0 aromatic heterocycles. The molecule has 1 amide bonds. The van der Waals surface area contributed by atoms with E-state index in [-0.39, 0.29) is 17.1 Å². The molecule has 0 aromatic carbocycles. The number of amides is 1. The summed E-state index contributed by atoms with van der Waals surface area (Å²) in [5, 5.41) is -0.242. The second-order valence-corrected chi connectivity index (χ2v) is 3.80. The van der Waals surface area contributed by atoms with Crippen LogP contribution in [0.15, 0.2) is 0 Å². The van der Waals surface area contributed by atoms with Crippen molar-refractivity contribution in [2.45, 2.75) is 26.0 Å². The van der Waals surface area contributed by atoms with Crippen molar-refractivity contribution in [3.05, 3.63) is 0 Å². The molecule has 0 radical (unpaired) electrons. The minimum Gasteiger partial charge on any atom is -0.331 e. The highest BCUT2D eigenvalue weighted by molar-refractivity contribution is 7.81.